The number of carbonyl (C=O) groups is 1. The van der Waals surface area contributed by atoms with E-state index in [0.717, 1.165) is 81.2 Å². The highest BCUT2D eigenvalue weighted by atomic mass is 16.5. The van der Waals surface area contributed by atoms with Crippen molar-refractivity contribution in [3.63, 3.8) is 0 Å². The second kappa shape index (κ2) is 11.4. The van der Waals surface area contributed by atoms with Gasteiger partial charge in [0.15, 0.2) is 0 Å². The van der Waals surface area contributed by atoms with Crippen molar-refractivity contribution in [2.45, 2.75) is 116 Å². The molecule has 0 saturated heterocycles. The largest absolute Gasteiger partial charge is 0.496 e. The molecule has 230 valence electrons. The van der Waals surface area contributed by atoms with Gasteiger partial charge in [-0.25, -0.2) is 9.97 Å². The van der Waals surface area contributed by atoms with Crippen molar-refractivity contribution in [2.75, 3.05) is 18.6 Å². The Morgan fingerprint density at radius 1 is 1.02 bits per heavy atom. The van der Waals surface area contributed by atoms with Gasteiger partial charge in [0.2, 0.25) is 11.9 Å². The number of carbonyl (C=O) groups excluding carboxylic acids is 1. The van der Waals surface area contributed by atoms with Crippen LogP contribution in [-0.2, 0) is 15.7 Å². The van der Waals surface area contributed by atoms with Crippen molar-refractivity contribution < 1.29 is 9.53 Å². The lowest BCUT2D eigenvalue weighted by Gasteiger charge is -2.55. The summed E-state index contributed by atoms with van der Waals surface area (Å²) >= 11 is 0. The van der Waals surface area contributed by atoms with Crippen molar-refractivity contribution >= 4 is 11.9 Å². The topological polar surface area (TPSA) is 73.1 Å². The molecule has 1 amide bonds. The fourth-order valence-electron chi connectivity index (χ4n) is 8.13. The van der Waals surface area contributed by atoms with Crippen molar-refractivity contribution in [1.29, 1.82) is 0 Å². The molecule has 0 atom stereocenters. The maximum Gasteiger partial charge on any atom is 0.232 e. The number of amides is 1. The molecule has 7 rings (SSSR count). The predicted molar refractivity (Wildman–Crippen MR) is 171 cm³/mol. The minimum absolute atomic E-state index is 0.0672. The Labute approximate surface area is 257 Å². The zero-order chi connectivity index (χ0) is 30.4. The average molecular weight is 584 g/mol. The molecule has 0 aliphatic heterocycles. The minimum Gasteiger partial charge on any atom is -0.496 e. The number of hydrogen-bond donors (Lipinski definition) is 0. The molecule has 7 heteroatoms. The van der Waals surface area contributed by atoms with Crippen LogP contribution < -0.4 is 9.64 Å². The number of fused-ring (bicyclic) bond motifs is 3. The van der Waals surface area contributed by atoms with Crippen molar-refractivity contribution in [1.82, 2.24) is 19.7 Å². The van der Waals surface area contributed by atoms with Crippen LogP contribution in [0.3, 0.4) is 0 Å². The summed E-state index contributed by atoms with van der Waals surface area (Å²) in [4.78, 5) is 26.0. The van der Waals surface area contributed by atoms with Crippen molar-refractivity contribution in [2.24, 2.45) is 11.3 Å². The second-order valence-corrected chi connectivity index (χ2v) is 14.8. The van der Waals surface area contributed by atoms with Gasteiger partial charge in [-0.15, -0.1) is 0 Å². The Kier molecular flexibility index (Phi) is 7.89. The third-order valence-corrected chi connectivity index (χ3v) is 10.8. The monoisotopic (exact) mass is 583 g/mol. The number of anilines is 1. The van der Waals surface area contributed by atoms with Gasteiger partial charge >= 0.3 is 0 Å². The highest BCUT2D eigenvalue weighted by Crippen LogP contribution is 2.58. The smallest absolute Gasteiger partial charge is 0.232 e. The predicted octanol–water partition coefficient (Wildman–Crippen LogP) is 7.93. The van der Waals surface area contributed by atoms with E-state index in [9.17, 15) is 4.79 Å². The SMILES string of the molecule is COc1c(C)cc(C23CCC(CN(C(=O)C4CCCCC4)c4nccc(-c5cnn(C(C)(C)C)c5)n4)(CC2)CC3)cc1C. The summed E-state index contributed by atoms with van der Waals surface area (Å²) in [7, 11) is 1.77. The van der Waals surface area contributed by atoms with E-state index in [1.165, 1.54) is 23.1 Å². The molecule has 0 radical (unpaired) electrons. The van der Waals surface area contributed by atoms with E-state index in [-0.39, 0.29) is 28.2 Å². The third kappa shape index (κ3) is 5.72. The molecular weight excluding hydrogens is 534 g/mol. The summed E-state index contributed by atoms with van der Waals surface area (Å²) in [6.45, 7) is 11.5. The van der Waals surface area contributed by atoms with E-state index in [1.54, 1.807) is 7.11 Å². The van der Waals surface area contributed by atoms with Crippen LogP contribution in [0.1, 0.15) is 108 Å². The Morgan fingerprint density at radius 2 is 1.67 bits per heavy atom. The maximum atomic E-state index is 14.3. The zero-order valence-corrected chi connectivity index (χ0v) is 27.1. The first-order valence-corrected chi connectivity index (χ1v) is 16.4. The Morgan fingerprint density at radius 3 is 2.26 bits per heavy atom. The van der Waals surface area contributed by atoms with E-state index in [1.807, 2.05) is 34.2 Å². The molecule has 1 aromatic carbocycles. The molecule has 4 saturated carbocycles. The van der Waals surface area contributed by atoms with Crippen molar-refractivity contribution in [3.8, 4) is 17.0 Å². The molecule has 0 unspecified atom stereocenters. The fraction of sp³-hybridized carbons (Fsp3) is 0.611. The maximum absolute atomic E-state index is 14.3. The number of hydrogen-bond acceptors (Lipinski definition) is 5. The van der Waals surface area contributed by atoms with Gasteiger partial charge in [0.1, 0.15) is 5.75 Å². The second-order valence-electron chi connectivity index (χ2n) is 14.8. The van der Waals surface area contributed by atoms with Gasteiger partial charge < -0.3 is 4.74 Å². The van der Waals surface area contributed by atoms with Gasteiger partial charge in [0.25, 0.3) is 0 Å². The molecule has 4 fully saturated rings. The Bertz CT molecular complexity index is 1430. The normalized spacial score (nSPS) is 24.2. The minimum atomic E-state index is -0.114. The van der Waals surface area contributed by atoms with Crippen LogP contribution >= 0.6 is 0 Å². The summed E-state index contributed by atoms with van der Waals surface area (Å²) in [6.07, 6.45) is 18.0. The number of benzene rings is 1. The average Bonchev–Trinajstić information content (AvgIpc) is 3.53. The molecular formula is C36H49N5O2. The van der Waals surface area contributed by atoms with E-state index in [4.69, 9.17) is 14.7 Å². The molecule has 0 spiro atoms. The number of aromatic nitrogens is 4. The van der Waals surface area contributed by atoms with E-state index < -0.39 is 0 Å². The first kappa shape index (κ1) is 29.8. The number of methoxy groups -OCH3 is 1. The van der Waals surface area contributed by atoms with Gasteiger partial charge in [0, 0.05) is 30.4 Å². The lowest BCUT2D eigenvalue weighted by atomic mass is 9.51. The van der Waals surface area contributed by atoms with Crippen LogP contribution in [0.2, 0.25) is 0 Å². The van der Waals surface area contributed by atoms with E-state index in [0.29, 0.717) is 12.5 Å². The van der Waals surface area contributed by atoms with Crippen LogP contribution in [0.5, 0.6) is 5.75 Å². The van der Waals surface area contributed by atoms with Gasteiger partial charge in [-0.05, 0) is 120 Å². The summed E-state index contributed by atoms with van der Waals surface area (Å²) in [6, 6.07) is 6.66. The molecule has 4 aliphatic rings. The van der Waals surface area contributed by atoms with Crippen LogP contribution in [-0.4, -0.2) is 39.3 Å². The summed E-state index contributed by atoms with van der Waals surface area (Å²) < 4.78 is 7.64. The zero-order valence-electron chi connectivity index (χ0n) is 27.1. The number of ether oxygens (including phenoxy) is 1. The van der Waals surface area contributed by atoms with Gasteiger partial charge in [-0.1, -0.05) is 31.4 Å². The number of nitrogens with zero attached hydrogens (tertiary/aromatic N) is 5. The quantitative estimate of drug-likeness (QED) is 0.282. The molecule has 43 heavy (non-hydrogen) atoms. The lowest BCUT2D eigenvalue weighted by molar-refractivity contribution is -0.124. The third-order valence-electron chi connectivity index (χ3n) is 10.8. The summed E-state index contributed by atoms with van der Waals surface area (Å²) in [5, 5.41) is 4.59. The van der Waals surface area contributed by atoms with Gasteiger partial charge in [0.05, 0.1) is 24.5 Å². The van der Waals surface area contributed by atoms with Crippen LogP contribution in [0.4, 0.5) is 5.95 Å². The molecule has 3 aromatic rings. The van der Waals surface area contributed by atoms with Crippen LogP contribution in [0.25, 0.3) is 11.3 Å². The van der Waals surface area contributed by atoms with Gasteiger partial charge in [-0.2, -0.15) is 5.10 Å². The van der Waals surface area contributed by atoms with E-state index >= 15 is 0 Å². The molecule has 0 N–H and O–H groups in total. The lowest BCUT2D eigenvalue weighted by Crippen LogP contribution is -2.52. The number of rotatable bonds is 7. The van der Waals surface area contributed by atoms with Crippen molar-refractivity contribution in [3.05, 3.63) is 53.5 Å². The molecule has 2 bridgehead atoms. The van der Waals surface area contributed by atoms with E-state index in [2.05, 4.69) is 51.9 Å². The number of aryl methyl sites for hydroxylation is 2. The fourth-order valence-corrected chi connectivity index (χ4v) is 8.13. The molecule has 2 aromatic heterocycles. The Hall–Kier alpha value is -3.22. The first-order chi connectivity index (χ1) is 20.5. The highest BCUT2D eigenvalue weighted by Gasteiger charge is 2.51. The molecule has 7 nitrogen and oxygen atoms in total. The van der Waals surface area contributed by atoms with Gasteiger partial charge in [-0.3, -0.25) is 14.4 Å². The molecule has 4 aliphatic carbocycles. The standard InChI is InChI=1S/C36H49N5O2/c1-25-20-29(21-26(2)31(25)43-6)36-16-13-35(14-17-36,15-18-36)24-40(32(42)27-10-8-7-9-11-27)33-37-19-12-30(39-33)28-22-38-41(23-28)34(3,4)5/h12,19-23,27H,7-11,13-18,24H2,1-6H3. The summed E-state index contributed by atoms with van der Waals surface area (Å²) in [5.41, 5.74) is 5.91. The summed E-state index contributed by atoms with van der Waals surface area (Å²) in [5.74, 6) is 1.85. The van der Waals surface area contributed by atoms with Crippen LogP contribution in [0, 0.1) is 25.2 Å². The highest BCUT2D eigenvalue weighted by molar-refractivity contribution is 5.93. The Balaban J connectivity index is 1.27. The van der Waals surface area contributed by atoms with Crippen LogP contribution in [0.15, 0.2) is 36.8 Å². The molecule has 2 heterocycles. The first-order valence-electron chi connectivity index (χ1n) is 16.4.